The molecule has 1 amide bonds. The lowest BCUT2D eigenvalue weighted by atomic mass is 10.1. The topological polar surface area (TPSA) is 54.0 Å². The van der Waals surface area contributed by atoms with E-state index in [-0.39, 0.29) is 36.8 Å². The van der Waals surface area contributed by atoms with Crippen LogP contribution in [-0.4, -0.2) is 30.0 Å². The molecule has 0 radical (unpaired) electrons. The van der Waals surface area contributed by atoms with Crippen molar-refractivity contribution in [1.29, 1.82) is 0 Å². The molecule has 1 saturated heterocycles. The number of nitrogens with zero attached hydrogens (tertiary/aromatic N) is 1. The van der Waals surface area contributed by atoms with E-state index in [1.54, 1.807) is 12.3 Å². The molecule has 3 rings (SSSR count). The minimum Gasteiger partial charge on any atom is -0.348 e. The average molecular weight is 363 g/mol. The number of hydrogen-bond acceptors (Lipinski definition) is 3. The second kappa shape index (κ2) is 8.53. The maximum Gasteiger partial charge on any atom is 0.253 e. The third kappa shape index (κ3) is 4.23. The predicted molar refractivity (Wildman–Crippen MR) is 94.6 cm³/mol. The lowest BCUT2D eigenvalue weighted by Crippen LogP contribution is -2.45. The van der Waals surface area contributed by atoms with Gasteiger partial charge in [-0.2, -0.15) is 0 Å². The van der Waals surface area contributed by atoms with Crippen molar-refractivity contribution >= 4 is 53.2 Å². The van der Waals surface area contributed by atoms with E-state index in [1.807, 2.05) is 18.2 Å². The fourth-order valence-corrected chi connectivity index (χ4v) is 2.79. The molecule has 4 nitrogen and oxygen atoms in total. The van der Waals surface area contributed by atoms with Crippen molar-refractivity contribution in [3.05, 3.63) is 41.0 Å². The van der Waals surface area contributed by atoms with Gasteiger partial charge < -0.3 is 10.6 Å². The fourth-order valence-electron chi connectivity index (χ4n) is 2.57. The zero-order valence-corrected chi connectivity index (χ0v) is 14.2. The molecule has 1 aliphatic heterocycles. The molecular weight excluding hydrogens is 345 g/mol. The number of piperidine rings is 1. The Labute approximate surface area is 146 Å². The highest BCUT2D eigenvalue weighted by Gasteiger charge is 2.18. The molecule has 22 heavy (non-hydrogen) atoms. The van der Waals surface area contributed by atoms with Gasteiger partial charge in [0.1, 0.15) is 0 Å². The molecule has 1 fully saturated rings. The molecule has 1 aromatic heterocycles. The Kier molecular flexibility index (Phi) is 7.36. The van der Waals surface area contributed by atoms with Gasteiger partial charge in [-0.25, -0.2) is 0 Å². The molecule has 2 aromatic rings. The van der Waals surface area contributed by atoms with Crippen LogP contribution in [0, 0.1) is 0 Å². The summed E-state index contributed by atoms with van der Waals surface area (Å²) in [4.78, 5) is 16.7. The Hall–Kier alpha value is -1.07. The van der Waals surface area contributed by atoms with Gasteiger partial charge in [0.05, 0.1) is 11.1 Å². The van der Waals surface area contributed by atoms with Crippen LogP contribution >= 0.6 is 36.4 Å². The third-order valence-corrected chi connectivity index (χ3v) is 3.76. The molecule has 0 spiro atoms. The summed E-state index contributed by atoms with van der Waals surface area (Å²) in [6.07, 6.45) is 3.78. The first kappa shape index (κ1) is 19.0. The molecule has 0 bridgehead atoms. The molecular formula is C15H18Cl3N3O. The number of carbonyl (C=O) groups excluding carboxylic acids is 1. The Balaban J connectivity index is 0.00000121. The monoisotopic (exact) mass is 361 g/mol. The Morgan fingerprint density at radius 2 is 2.18 bits per heavy atom. The number of aromatic nitrogens is 1. The molecule has 2 N–H and O–H groups in total. The first-order valence-electron chi connectivity index (χ1n) is 6.80. The number of nitrogens with one attached hydrogen (secondary N) is 2. The van der Waals surface area contributed by atoms with Gasteiger partial charge in [-0.05, 0) is 37.6 Å². The van der Waals surface area contributed by atoms with Gasteiger partial charge in [-0.1, -0.05) is 17.7 Å². The highest BCUT2D eigenvalue weighted by Crippen LogP contribution is 2.22. The van der Waals surface area contributed by atoms with Crippen LogP contribution in [0.2, 0.25) is 5.02 Å². The summed E-state index contributed by atoms with van der Waals surface area (Å²) in [5, 5.41) is 7.77. The summed E-state index contributed by atoms with van der Waals surface area (Å²) in [6.45, 7) is 1.84. The highest BCUT2D eigenvalue weighted by molar-refractivity contribution is 6.32. The smallest absolute Gasteiger partial charge is 0.253 e. The van der Waals surface area contributed by atoms with Gasteiger partial charge in [0.25, 0.3) is 5.91 Å². The van der Waals surface area contributed by atoms with Crippen molar-refractivity contribution in [2.75, 3.05) is 13.1 Å². The summed E-state index contributed by atoms with van der Waals surface area (Å²) in [5.74, 6) is -0.107. The van der Waals surface area contributed by atoms with E-state index < -0.39 is 0 Å². The summed E-state index contributed by atoms with van der Waals surface area (Å²) in [6, 6.07) is 7.43. The van der Waals surface area contributed by atoms with Gasteiger partial charge in [0.2, 0.25) is 0 Å². The fraction of sp³-hybridized carbons (Fsp3) is 0.333. The van der Waals surface area contributed by atoms with Crippen LogP contribution < -0.4 is 10.6 Å². The molecule has 0 unspecified atom stereocenters. The standard InChI is InChI=1S/C15H16ClN3O.2ClH/c16-11-7-10-3-1-6-18-14(10)13(8-11)15(20)19-12-4-2-5-17-9-12;;/h1,3,6-8,12,17H,2,4-5,9H2,(H,19,20);2*1H/t12-;;/m0../s1. The van der Waals surface area contributed by atoms with Gasteiger partial charge in [-0.15, -0.1) is 24.8 Å². The Bertz CT molecular complexity index is 645. The zero-order chi connectivity index (χ0) is 13.9. The van der Waals surface area contributed by atoms with Crippen molar-refractivity contribution in [2.45, 2.75) is 18.9 Å². The average Bonchev–Trinajstić information content (AvgIpc) is 2.47. The number of halogens is 3. The number of pyridine rings is 1. The lowest BCUT2D eigenvalue weighted by Gasteiger charge is -2.24. The maximum atomic E-state index is 12.4. The second-order valence-electron chi connectivity index (χ2n) is 5.05. The Morgan fingerprint density at radius 3 is 2.91 bits per heavy atom. The van der Waals surface area contributed by atoms with Crippen LogP contribution in [0.5, 0.6) is 0 Å². The van der Waals surface area contributed by atoms with Crippen LogP contribution in [0.25, 0.3) is 10.9 Å². The normalized spacial score (nSPS) is 17.2. The predicted octanol–water partition coefficient (Wildman–Crippen LogP) is 3.21. The van der Waals surface area contributed by atoms with E-state index in [2.05, 4.69) is 15.6 Å². The number of fused-ring (bicyclic) bond motifs is 1. The van der Waals surface area contributed by atoms with Gasteiger partial charge in [-0.3, -0.25) is 9.78 Å². The third-order valence-electron chi connectivity index (χ3n) is 3.55. The molecule has 0 saturated carbocycles. The van der Waals surface area contributed by atoms with E-state index in [4.69, 9.17) is 11.6 Å². The molecule has 1 atom stereocenters. The number of carbonyl (C=O) groups is 1. The van der Waals surface area contributed by atoms with Crippen molar-refractivity contribution in [1.82, 2.24) is 15.6 Å². The minimum atomic E-state index is -0.107. The minimum absolute atomic E-state index is 0. The van der Waals surface area contributed by atoms with Crippen LogP contribution in [0.15, 0.2) is 30.5 Å². The SMILES string of the molecule is Cl.Cl.O=C(N[C@H]1CCCNC1)c1cc(Cl)cc2cccnc12. The largest absolute Gasteiger partial charge is 0.348 e. The summed E-state index contributed by atoms with van der Waals surface area (Å²) >= 11 is 6.09. The van der Waals surface area contributed by atoms with E-state index in [1.165, 1.54) is 0 Å². The molecule has 120 valence electrons. The van der Waals surface area contributed by atoms with Crippen molar-refractivity contribution in [2.24, 2.45) is 0 Å². The van der Waals surface area contributed by atoms with Crippen molar-refractivity contribution in [3.8, 4) is 0 Å². The molecule has 7 heteroatoms. The van der Waals surface area contributed by atoms with E-state index in [0.29, 0.717) is 16.1 Å². The number of hydrogen-bond donors (Lipinski definition) is 2. The highest BCUT2D eigenvalue weighted by atomic mass is 35.5. The van der Waals surface area contributed by atoms with E-state index in [9.17, 15) is 4.79 Å². The van der Waals surface area contributed by atoms with Crippen LogP contribution in [0.1, 0.15) is 23.2 Å². The number of amides is 1. The maximum absolute atomic E-state index is 12.4. The molecule has 1 aromatic carbocycles. The lowest BCUT2D eigenvalue weighted by molar-refractivity contribution is 0.0932. The molecule has 0 aliphatic carbocycles. The number of benzene rings is 1. The van der Waals surface area contributed by atoms with Gasteiger partial charge in [0.15, 0.2) is 0 Å². The van der Waals surface area contributed by atoms with Crippen LogP contribution in [0.4, 0.5) is 0 Å². The van der Waals surface area contributed by atoms with Gasteiger partial charge >= 0.3 is 0 Å². The first-order valence-corrected chi connectivity index (χ1v) is 7.18. The Morgan fingerprint density at radius 1 is 1.36 bits per heavy atom. The van der Waals surface area contributed by atoms with Crippen molar-refractivity contribution < 1.29 is 4.79 Å². The van der Waals surface area contributed by atoms with Crippen LogP contribution in [0.3, 0.4) is 0 Å². The van der Waals surface area contributed by atoms with E-state index >= 15 is 0 Å². The number of rotatable bonds is 2. The van der Waals surface area contributed by atoms with Crippen LogP contribution in [-0.2, 0) is 0 Å². The summed E-state index contributed by atoms with van der Waals surface area (Å²) < 4.78 is 0. The second-order valence-corrected chi connectivity index (χ2v) is 5.48. The summed E-state index contributed by atoms with van der Waals surface area (Å²) in [7, 11) is 0. The molecule has 2 heterocycles. The van der Waals surface area contributed by atoms with Crippen molar-refractivity contribution in [3.63, 3.8) is 0 Å². The first-order chi connectivity index (χ1) is 9.74. The summed E-state index contributed by atoms with van der Waals surface area (Å²) in [5.41, 5.74) is 1.23. The van der Waals surface area contributed by atoms with Gasteiger partial charge in [0, 0.05) is 29.2 Å². The quantitative estimate of drug-likeness (QED) is 0.862. The zero-order valence-electron chi connectivity index (χ0n) is 11.8. The molecule has 1 aliphatic rings. The van der Waals surface area contributed by atoms with E-state index in [0.717, 1.165) is 31.3 Å².